The summed E-state index contributed by atoms with van der Waals surface area (Å²) in [6, 6.07) is 18.4. The molecule has 0 aliphatic rings. The van der Waals surface area contributed by atoms with Gasteiger partial charge in [-0.3, -0.25) is 4.84 Å². The quantitative estimate of drug-likeness (QED) is 0.691. The Morgan fingerprint density at radius 2 is 1.57 bits per heavy atom. The van der Waals surface area contributed by atoms with Gasteiger partial charge in [-0.05, 0) is 35.6 Å². The third-order valence-electron chi connectivity index (χ3n) is 3.52. The molecule has 0 aliphatic heterocycles. The Morgan fingerprint density at radius 3 is 2.14 bits per heavy atom. The molecule has 0 aliphatic carbocycles. The van der Waals surface area contributed by atoms with Gasteiger partial charge in [0.2, 0.25) is 0 Å². The van der Waals surface area contributed by atoms with Crippen LogP contribution in [0, 0.1) is 0 Å². The number of halogens is 1. The van der Waals surface area contributed by atoms with Gasteiger partial charge in [0.15, 0.2) is 0 Å². The summed E-state index contributed by atoms with van der Waals surface area (Å²) < 4.78 is 0. The molecule has 0 heterocycles. The summed E-state index contributed by atoms with van der Waals surface area (Å²) in [7, 11) is 3.83. The summed E-state index contributed by atoms with van der Waals surface area (Å²) in [5, 5.41) is 2.51. The fourth-order valence-corrected chi connectivity index (χ4v) is 2.54. The molecule has 2 aromatic rings. The highest BCUT2D eigenvalue weighted by Gasteiger charge is 2.18. The van der Waals surface area contributed by atoms with Crippen molar-refractivity contribution in [1.82, 2.24) is 5.06 Å². The van der Waals surface area contributed by atoms with E-state index in [9.17, 15) is 0 Å². The number of rotatable bonds is 6. The molecule has 2 nitrogen and oxygen atoms in total. The van der Waals surface area contributed by atoms with Crippen LogP contribution in [0.1, 0.15) is 36.5 Å². The average Bonchev–Trinajstić information content (AvgIpc) is 2.48. The van der Waals surface area contributed by atoms with E-state index in [-0.39, 0.29) is 6.10 Å². The number of hydrogen-bond donors (Lipinski definition) is 0. The predicted molar refractivity (Wildman–Crippen MR) is 88.4 cm³/mol. The summed E-state index contributed by atoms with van der Waals surface area (Å²) in [5.74, 6) is 0.423. The van der Waals surface area contributed by atoms with Crippen LogP contribution >= 0.6 is 11.6 Å². The Hall–Kier alpha value is -1.35. The lowest BCUT2D eigenvalue weighted by atomic mass is 9.92. The van der Waals surface area contributed by atoms with Crippen LogP contribution in [-0.4, -0.2) is 19.2 Å². The third-order valence-corrected chi connectivity index (χ3v) is 3.77. The van der Waals surface area contributed by atoms with Crippen molar-refractivity contribution in [1.29, 1.82) is 0 Å². The summed E-state index contributed by atoms with van der Waals surface area (Å²) in [6.07, 6.45) is 0.941. The topological polar surface area (TPSA) is 12.5 Å². The lowest BCUT2D eigenvalue weighted by molar-refractivity contribution is -0.170. The Balaban J connectivity index is 2.14. The molecule has 0 amide bonds. The molecule has 3 heteroatoms. The second-order valence-electron chi connectivity index (χ2n) is 5.51. The number of nitrogens with zero attached hydrogens (tertiary/aromatic N) is 1. The molecule has 2 rings (SSSR count). The van der Waals surface area contributed by atoms with Crippen LogP contribution in [-0.2, 0) is 4.84 Å². The molecule has 0 fully saturated rings. The van der Waals surface area contributed by atoms with Gasteiger partial charge in [-0.2, -0.15) is 5.06 Å². The number of hydroxylamine groups is 2. The minimum atomic E-state index is 0.0208. The molecule has 21 heavy (non-hydrogen) atoms. The predicted octanol–water partition coefficient (Wildman–Crippen LogP) is 5.07. The normalized spacial score (nSPS) is 14.1. The summed E-state index contributed by atoms with van der Waals surface area (Å²) >= 11 is 5.97. The Kier molecular flexibility index (Phi) is 5.80. The fraction of sp³-hybridized carbons (Fsp3) is 0.333. The lowest BCUT2D eigenvalue weighted by Gasteiger charge is -2.25. The zero-order valence-corrected chi connectivity index (χ0v) is 13.5. The maximum absolute atomic E-state index is 5.97. The van der Waals surface area contributed by atoms with E-state index in [1.165, 1.54) is 5.56 Å². The molecule has 112 valence electrons. The highest BCUT2D eigenvalue weighted by atomic mass is 35.5. The van der Waals surface area contributed by atoms with E-state index in [1.807, 2.05) is 44.4 Å². The van der Waals surface area contributed by atoms with Gasteiger partial charge in [0.05, 0.1) is 0 Å². The summed E-state index contributed by atoms with van der Waals surface area (Å²) in [6.45, 7) is 2.23. The van der Waals surface area contributed by atoms with Crippen LogP contribution in [0.25, 0.3) is 0 Å². The first-order valence-electron chi connectivity index (χ1n) is 7.20. The fourth-order valence-electron chi connectivity index (χ4n) is 2.41. The SMILES string of the molecule is CC(CC(ON(C)C)c1ccc(Cl)cc1)c1ccccc1. The van der Waals surface area contributed by atoms with Crippen LogP contribution in [0.15, 0.2) is 54.6 Å². The molecule has 0 spiro atoms. The molecule has 0 radical (unpaired) electrons. The van der Waals surface area contributed by atoms with Gasteiger partial charge < -0.3 is 0 Å². The molecular formula is C18H22ClNO. The molecule has 0 bridgehead atoms. The summed E-state index contributed by atoms with van der Waals surface area (Å²) in [5.41, 5.74) is 2.48. The van der Waals surface area contributed by atoms with Gasteiger partial charge in [-0.25, -0.2) is 0 Å². The first-order valence-corrected chi connectivity index (χ1v) is 7.58. The van der Waals surface area contributed by atoms with Gasteiger partial charge in [-0.15, -0.1) is 0 Å². The number of hydrogen-bond acceptors (Lipinski definition) is 2. The smallest absolute Gasteiger partial charge is 0.105 e. The minimum absolute atomic E-state index is 0.0208. The molecule has 0 N–H and O–H groups in total. The van der Waals surface area contributed by atoms with Crippen molar-refractivity contribution in [3.8, 4) is 0 Å². The van der Waals surface area contributed by atoms with Crippen LogP contribution in [0.2, 0.25) is 5.02 Å². The van der Waals surface area contributed by atoms with Crippen molar-refractivity contribution in [3.63, 3.8) is 0 Å². The lowest BCUT2D eigenvalue weighted by Crippen LogP contribution is -2.19. The van der Waals surface area contributed by atoms with E-state index < -0.39 is 0 Å². The van der Waals surface area contributed by atoms with Gasteiger partial charge in [0.25, 0.3) is 0 Å². The van der Waals surface area contributed by atoms with Crippen molar-refractivity contribution in [2.45, 2.75) is 25.4 Å². The summed E-state index contributed by atoms with van der Waals surface area (Å²) in [4.78, 5) is 5.96. The number of benzene rings is 2. The Bertz CT molecular complexity index is 539. The molecule has 2 atom stereocenters. The molecule has 0 saturated carbocycles. The molecule has 2 aromatic carbocycles. The second kappa shape index (κ2) is 7.60. The Labute approximate surface area is 132 Å². The first kappa shape index (κ1) is 16.0. The molecular weight excluding hydrogens is 282 g/mol. The van der Waals surface area contributed by atoms with Crippen molar-refractivity contribution in [2.24, 2.45) is 0 Å². The molecule has 0 saturated heterocycles. The van der Waals surface area contributed by atoms with Crippen molar-refractivity contribution < 1.29 is 4.84 Å². The molecule has 0 aromatic heterocycles. The van der Waals surface area contributed by atoms with Crippen molar-refractivity contribution in [2.75, 3.05) is 14.1 Å². The van der Waals surface area contributed by atoms with E-state index in [1.54, 1.807) is 5.06 Å². The first-order chi connectivity index (χ1) is 10.1. The van der Waals surface area contributed by atoms with Crippen LogP contribution in [0.5, 0.6) is 0 Å². The Morgan fingerprint density at radius 1 is 0.952 bits per heavy atom. The van der Waals surface area contributed by atoms with E-state index in [2.05, 4.69) is 31.2 Å². The van der Waals surface area contributed by atoms with Gasteiger partial charge >= 0.3 is 0 Å². The monoisotopic (exact) mass is 303 g/mol. The van der Waals surface area contributed by atoms with E-state index in [4.69, 9.17) is 16.4 Å². The average molecular weight is 304 g/mol. The highest BCUT2D eigenvalue weighted by Crippen LogP contribution is 2.31. The maximum atomic E-state index is 5.97. The van der Waals surface area contributed by atoms with E-state index >= 15 is 0 Å². The van der Waals surface area contributed by atoms with Crippen molar-refractivity contribution in [3.05, 3.63) is 70.7 Å². The third kappa shape index (κ3) is 4.85. The van der Waals surface area contributed by atoms with Crippen LogP contribution in [0.3, 0.4) is 0 Å². The largest absolute Gasteiger partial charge is 0.291 e. The van der Waals surface area contributed by atoms with Crippen LogP contribution in [0.4, 0.5) is 0 Å². The van der Waals surface area contributed by atoms with Gasteiger partial charge in [0, 0.05) is 19.1 Å². The van der Waals surface area contributed by atoms with E-state index in [0.717, 1.165) is 17.0 Å². The zero-order valence-electron chi connectivity index (χ0n) is 12.8. The standard InChI is InChI=1S/C18H22ClNO/c1-14(15-7-5-4-6-8-15)13-18(21-20(2)3)16-9-11-17(19)12-10-16/h4-12,14,18H,13H2,1-3H3. The molecule has 2 unspecified atom stereocenters. The van der Waals surface area contributed by atoms with Crippen LogP contribution < -0.4 is 0 Å². The van der Waals surface area contributed by atoms with Crippen molar-refractivity contribution >= 4 is 11.6 Å². The zero-order chi connectivity index (χ0) is 15.2. The highest BCUT2D eigenvalue weighted by molar-refractivity contribution is 6.30. The van der Waals surface area contributed by atoms with Gasteiger partial charge in [-0.1, -0.05) is 61.0 Å². The van der Waals surface area contributed by atoms with E-state index in [0.29, 0.717) is 5.92 Å². The second-order valence-corrected chi connectivity index (χ2v) is 5.94. The minimum Gasteiger partial charge on any atom is -0.291 e. The maximum Gasteiger partial charge on any atom is 0.105 e. The van der Waals surface area contributed by atoms with Gasteiger partial charge in [0.1, 0.15) is 6.10 Å².